The topological polar surface area (TPSA) is 9.86 Å². The van der Waals surface area contributed by atoms with Gasteiger partial charge in [0.15, 0.2) is 0 Å². The Hall–Kier alpha value is -6.64. The van der Waals surface area contributed by atoms with Crippen molar-refractivity contribution in [2.75, 3.05) is 0 Å². The highest BCUT2D eigenvalue weighted by Gasteiger charge is 2.22. The minimum atomic E-state index is -0.784. The molecule has 0 saturated carbocycles. The normalized spacial score (nSPS) is 18.0. The smallest absolute Gasteiger partial charge is 0.0645 e. The van der Waals surface area contributed by atoms with Crippen molar-refractivity contribution in [3.8, 4) is 44.8 Å². The average Bonchev–Trinajstić information content (AvgIpc) is 3.91. The Morgan fingerprint density at radius 2 is 0.840 bits per heavy atom. The first-order valence-corrected chi connectivity index (χ1v) is 15.3. The Bertz CT molecular complexity index is 3940. The van der Waals surface area contributed by atoms with Crippen LogP contribution in [0.3, 0.4) is 0 Å². The van der Waals surface area contributed by atoms with E-state index in [1.807, 2.05) is 0 Å². The molecule has 0 saturated heterocycles. The van der Waals surface area contributed by atoms with Crippen LogP contribution >= 0.6 is 0 Å². The first-order chi connectivity index (χ1) is 34.4. The van der Waals surface area contributed by atoms with Gasteiger partial charge in [-0.2, -0.15) is 0 Å². The Morgan fingerprint density at radius 3 is 1.44 bits per heavy atom. The second-order valence-corrected chi connectivity index (χ2v) is 11.3. The molecule has 0 N–H and O–H groups in total. The van der Waals surface area contributed by atoms with Gasteiger partial charge in [0.05, 0.1) is 59.3 Å². The van der Waals surface area contributed by atoms with E-state index in [4.69, 9.17) is 26.0 Å². The summed E-state index contributed by atoms with van der Waals surface area (Å²) in [5, 5.41) is 0.443. The van der Waals surface area contributed by atoms with E-state index in [1.54, 1.807) is 41.0 Å². The standard InChI is InChI=1S/C48H32N2/c1-4-16-33(17-5-1)36-30-41(34-18-6-2-7-19-34)48(42(31-36)35-20-8-3-9-21-35)50-46-27-15-12-24-40(46)43-32-37(28-29-47(43)50)49-44-25-13-10-22-38(44)39-23-11-14-26-45(39)49/h1-32H/i1D,2D,3D,4D,5D,6D,7D,8D,9D,10D,11D,13D,14D,16D,17D,18D,19D,20D,21D,22D,23D,25D,26D. The Kier molecular flexibility index (Phi) is 3.15. The van der Waals surface area contributed by atoms with E-state index in [1.165, 1.54) is 22.8 Å². The summed E-state index contributed by atoms with van der Waals surface area (Å²) in [6, 6.07) is -2.24. The zero-order valence-corrected chi connectivity index (χ0v) is 25.6. The number of para-hydroxylation sites is 3. The molecule has 0 atom stereocenters. The van der Waals surface area contributed by atoms with Gasteiger partial charge in [0.25, 0.3) is 0 Å². The number of hydrogen-bond donors (Lipinski definition) is 0. The quantitative estimate of drug-likeness (QED) is 0.174. The van der Waals surface area contributed by atoms with Gasteiger partial charge in [-0.3, -0.25) is 0 Å². The molecule has 10 aromatic rings. The third-order valence-electron chi connectivity index (χ3n) is 8.61. The highest BCUT2D eigenvalue weighted by atomic mass is 15.0. The predicted octanol–water partition coefficient (Wildman–Crippen LogP) is 12.9. The molecular formula is C48H32N2. The lowest BCUT2D eigenvalue weighted by Gasteiger charge is -2.21. The van der Waals surface area contributed by atoms with E-state index in [-0.39, 0.29) is 55.4 Å². The first-order valence-electron chi connectivity index (χ1n) is 26.8. The van der Waals surface area contributed by atoms with Crippen molar-refractivity contribution >= 4 is 43.6 Å². The lowest BCUT2D eigenvalue weighted by atomic mass is 9.90. The molecular weight excluding hydrogens is 605 g/mol. The van der Waals surface area contributed by atoms with Crippen molar-refractivity contribution in [1.82, 2.24) is 9.13 Å². The number of rotatable bonds is 5. The third kappa shape index (κ3) is 4.43. The lowest BCUT2D eigenvalue weighted by molar-refractivity contribution is 1.17. The van der Waals surface area contributed by atoms with Crippen LogP contribution in [0, 0.1) is 0 Å². The maximum Gasteiger partial charge on any atom is 0.0645 e. The molecule has 0 spiro atoms. The third-order valence-corrected chi connectivity index (χ3v) is 8.61. The second-order valence-electron chi connectivity index (χ2n) is 11.3. The summed E-state index contributed by atoms with van der Waals surface area (Å²) in [6.07, 6.45) is 0. The fourth-order valence-electron chi connectivity index (χ4n) is 6.58. The SMILES string of the molecule is [2H]c1c([2H])c([2H])c(-c2cc(-c3c([2H])c([2H])c([2H])c([2H])c3[2H])c(-n3c4ccccc4c4cc(-n5c6c([2H])c([2H])c([2H])c([2H])c6c6c([2H])c([2H])c([2H])c([2H])c65)ccc43)c(-c3c([2H])c([2H])c([2H])c([2H])c3[2H])c2)c([2H])c1[2H]. The largest absolute Gasteiger partial charge is 0.309 e. The molecule has 2 heterocycles. The second kappa shape index (κ2) is 11.5. The fraction of sp³-hybridized carbons (Fsp3) is 0. The molecule has 0 aliphatic heterocycles. The summed E-state index contributed by atoms with van der Waals surface area (Å²) in [4.78, 5) is 0. The molecule has 0 fully saturated rings. The maximum atomic E-state index is 9.28. The first kappa shape index (κ1) is 13.7. The molecule has 234 valence electrons. The van der Waals surface area contributed by atoms with Crippen molar-refractivity contribution < 1.29 is 31.5 Å². The molecule has 2 nitrogen and oxygen atoms in total. The van der Waals surface area contributed by atoms with Crippen LogP contribution in [0.5, 0.6) is 0 Å². The molecule has 0 amide bonds. The van der Waals surface area contributed by atoms with Crippen molar-refractivity contribution in [1.29, 1.82) is 0 Å². The van der Waals surface area contributed by atoms with Gasteiger partial charge in [-0.15, -0.1) is 0 Å². The van der Waals surface area contributed by atoms with Gasteiger partial charge in [0, 0.05) is 38.4 Å². The van der Waals surface area contributed by atoms with Crippen LogP contribution in [0.4, 0.5) is 0 Å². The number of benzene rings is 8. The maximum absolute atomic E-state index is 9.28. The van der Waals surface area contributed by atoms with Crippen molar-refractivity contribution in [3.63, 3.8) is 0 Å². The van der Waals surface area contributed by atoms with Gasteiger partial charge in [0.1, 0.15) is 0 Å². The van der Waals surface area contributed by atoms with Crippen LogP contribution < -0.4 is 0 Å². The molecule has 50 heavy (non-hydrogen) atoms. The van der Waals surface area contributed by atoms with Crippen molar-refractivity contribution in [3.05, 3.63) is 194 Å². The molecule has 0 aliphatic carbocycles. The number of aromatic nitrogens is 2. The summed E-state index contributed by atoms with van der Waals surface area (Å²) >= 11 is 0. The highest BCUT2D eigenvalue weighted by Crippen LogP contribution is 2.44. The van der Waals surface area contributed by atoms with Crippen LogP contribution in [0.25, 0.3) is 88.4 Å². The minimum Gasteiger partial charge on any atom is -0.309 e. The minimum absolute atomic E-state index is 0.146. The summed E-state index contributed by atoms with van der Waals surface area (Å²) in [5.41, 5.74) is -1.87. The summed E-state index contributed by atoms with van der Waals surface area (Å²) < 4.78 is 206. The van der Waals surface area contributed by atoms with Gasteiger partial charge in [-0.05, 0) is 70.7 Å². The Morgan fingerprint density at radius 1 is 0.340 bits per heavy atom. The highest BCUT2D eigenvalue weighted by molar-refractivity contribution is 6.13. The molecule has 0 radical (unpaired) electrons. The zero-order valence-electron chi connectivity index (χ0n) is 48.6. The molecule has 8 aromatic carbocycles. The monoisotopic (exact) mass is 659 g/mol. The van der Waals surface area contributed by atoms with Crippen LogP contribution in [0.15, 0.2) is 194 Å². The molecule has 10 rings (SSSR count). The fourth-order valence-corrected chi connectivity index (χ4v) is 6.58. The van der Waals surface area contributed by atoms with Crippen LogP contribution in [0.2, 0.25) is 0 Å². The Balaban J connectivity index is 1.45. The average molecular weight is 660 g/mol. The van der Waals surface area contributed by atoms with E-state index >= 15 is 0 Å². The molecule has 0 unspecified atom stereocenters. The zero-order chi connectivity index (χ0) is 53.0. The van der Waals surface area contributed by atoms with Crippen molar-refractivity contribution in [2.45, 2.75) is 0 Å². The van der Waals surface area contributed by atoms with Gasteiger partial charge >= 0.3 is 0 Å². The van der Waals surface area contributed by atoms with E-state index in [9.17, 15) is 5.48 Å². The van der Waals surface area contributed by atoms with Gasteiger partial charge in [-0.1, -0.05) is 145 Å². The molecule has 0 aliphatic rings. The predicted molar refractivity (Wildman–Crippen MR) is 211 cm³/mol. The van der Waals surface area contributed by atoms with Crippen LogP contribution in [-0.2, 0) is 0 Å². The van der Waals surface area contributed by atoms with Crippen LogP contribution in [0.1, 0.15) is 31.5 Å². The van der Waals surface area contributed by atoms with Gasteiger partial charge in [0.2, 0.25) is 0 Å². The molecule has 2 aromatic heterocycles. The van der Waals surface area contributed by atoms with Gasteiger partial charge < -0.3 is 9.13 Å². The van der Waals surface area contributed by atoms with E-state index < -0.39 is 156 Å². The van der Waals surface area contributed by atoms with Gasteiger partial charge in [-0.25, -0.2) is 0 Å². The molecule has 2 heteroatoms. The Labute approximate surface area is 323 Å². The van der Waals surface area contributed by atoms with E-state index in [0.717, 1.165) is 0 Å². The van der Waals surface area contributed by atoms with Crippen LogP contribution in [-0.4, -0.2) is 9.13 Å². The number of fused-ring (bicyclic) bond motifs is 6. The summed E-state index contributed by atoms with van der Waals surface area (Å²) in [5.74, 6) is 0. The molecule has 0 bridgehead atoms. The van der Waals surface area contributed by atoms with E-state index in [0.29, 0.717) is 16.3 Å². The lowest BCUT2D eigenvalue weighted by Crippen LogP contribution is -2.02. The summed E-state index contributed by atoms with van der Waals surface area (Å²) in [6.45, 7) is 0. The number of hydrogen-bond acceptors (Lipinski definition) is 0. The van der Waals surface area contributed by atoms with Crippen molar-refractivity contribution in [2.24, 2.45) is 0 Å². The van der Waals surface area contributed by atoms with E-state index in [2.05, 4.69) is 0 Å². The number of nitrogens with zero attached hydrogens (tertiary/aromatic N) is 2. The summed E-state index contributed by atoms with van der Waals surface area (Å²) in [7, 11) is 0.